The van der Waals surface area contributed by atoms with E-state index in [9.17, 15) is 4.79 Å². The van der Waals surface area contributed by atoms with Gasteiger partial charge in [-0.05, 0) is 24.6 Å². The molecule has 0 saturated carbocycles. The maximum Gasteiger partial charge on any atom is 0.374 e. The summed E-state index contributed by atoms with van der Waals surface area (Å²) >= 11 is 0. The lowest BCUT2D eigenvalue weighted by atomic mass is 10.1. The summed E-state index contributed by atoms with van der Waals surface area (Å²) in [5.41, 5.74) is 0.988. The molecule has 0 fully saturated rings. The van der Waals surface area contributed by atoms with E-state index in [2.05, 4.69) is 4.65 Å². The van der Waals surface area contributed by atoms with Gasteiger partial charge in [0.2, 0.25) is 0 Å². The molecule has 0 atom stereocenters. The Hall–Kier alpha value is -1.71. The van der Waals surface area contributed by atoms with Crippen molar-refractivity contribution < 1.29 is 9.07 Å². The van der Waals surface area contributed by atoms with Crippen LogP contribution in [0.3, 0.4) is 0 Å². The van der Waals surface area contributed by atoms with E-state index >= 15 is 0 Å². The van der Waals surface area contributed by atoms with Crippen molar-refractivity contribution >= 4 is 19.0 Å². The first-order valence-electron chi connectivity index (χ1n) is 4.12. The lowest BCUT2D eigenvalue weighted by molar-refractivity contribution is 0.555. The van der Waals surface area contributed by atoms with Crippen LogP contribution in [0.15, 0.2) is 33.5 Å². The molecule has 68 valence electrons. The Morgan fingerprint density at radius 1 is 1.36 bits per heavy atom. The molecule has 1 aromatic heterocycles. The van der Waals surface area contributed by atoms with E-state index < -0.39 is 0 Å². The Morgan fingerprint density at radius 3 is 2.86 bits per heavy atom. The highest BCUT2D eigenvalue weighted by atomic mass is 16.4. The third kappa shape index (κ3) is 1.39. The van der Waals surface area contributed by atoms with Gasteiger partial charge in [-0.25, -0.2) is 4.79 Å². The third-order valence-corrected chi connectivity index (χ3v) is 2.06. The summed E-state index contributed by atoms with van der Waals surface area (Å²) in [7, 11) is 5.00. The summed E-state index contributed by atoms with van der Waals surface area (Å²) in [6.07, 6.45) is 0. The van der Waals surface area contributed by atoms with E-state index in [0.29, 0.717) is 11.3 Å². The summed E-state index contributed by atoms with van der Waals surface area (Å²) in [5, 5.41) is 0.880. The summed E-state index contributed by atoms with van der Waals surface area (Å²) < 4.78 is 9.53. The zero-order valence-corrected chi connectivity index (χ0v) is 7.61. The van der Waals surface area contributed by atoms with Gasteiger partial charge in [0.25, 0.3) is 0 Å². The van der Waals surface area contributed by atoms with Crippen molar-refractivity contribution in [2.24, 2.45) is 0 Å². The van der Waals surface area contributed by atoms with Gasteiger partial charge in [-0.1, -0.05) is 0 Å². The van der Waals surface area contributed by atoms with Gasteiger partial charge in [-0.3, -0.25) is 0 Å². The maximum absolute atomic E-state index is 11.1. The van der Waals surface area contributed by atoms with Crippen LogP contribution in [0.5, 0.6) is 5.75 Å². The van der Waals surface area contributed by atoms with Crippen LogP contribution in [0.2, 0.25) is 0 Å². The molecule has 1 heterocycles. The second kappa shape index (κ2) is 3.22. The Balaban J connectivity index is 2.82. The second-order valence-corrected chi connectivity index (χ2v) is 3.02. The molecule has 2 rings (SSSR count). The highest BCUT2D eigenvalue weighted by Gasteiger charge is 2.02. The lowest BCUT2D eigenvalue weighted by Crippen LogP contribution is -1.97. The molecular formula is C10H7BO3. The Morgan fingerprint density at radius 2 is 2.14 bits per heavy atom. The van der Waals surface area contributed by atoms with Crippen molar-refractivity contribution in [2.75, 3.05) is 0 Å². The van der Waals surface area contributed by atoms with Crippen LogP contribution >= 0.6 is 0 Å². The molecule has 0 spiro atoms. The number of hydrogen-bond donors (Lipinski definition) is 0. The predicted molar refractivity (Wildman–Crippen MR) is 53.6 cm³/mol. The summed E-state index contributed by atoms with van der Waals surface area (Å²) in [5.74, 6) is 0.464. The summed E-state index contributed by atoms with van der Waals surface area (Å²) in [4.78, 5) is 11.1. The molecule has 1 aromatic carbocycles. The molecule has 14 heavy (non-hydrogen) atoms. The number of aryl methyl sites for hydroxylation is 1. The standard InChI is InChI=1S/C10H7BO3/c1-6-4-10(12)13-9-5-7(14-11)2-3-8(6)9/h2-5H,1H3. The van der Waals surface area contributed by atoms with Crippen LogP contribution in [0, 0.1) is 6.92 Å². The highest BCUT2D eigenvalue weighted by Crippen LogP contribution is 2.21. The van der Waals surface area contributed by atoms with Crippen molar-refractivity contribution in [2.45, 2.75) is 6.92 Å². The molecule has 0 unspecified atom stereocenters. The van der Waals surface area contributed by atoms with Crippen LogP contribution in [-0.2, 0) is 0 Å². The zero-order valence-electron chi connectivity index (χ0n) is 7.61. The predicted octanol–water partition coefficient (Wildman–Crippen LogP) is 1.56. The van der Waals surface area contributed by atoms with Crippen molar-refractivity contribution in [1.82, 2.24) is 0 Å². The van der Waals surface area contributed by atoms with Gasteiger partial charge in [0.15, 0.2) is 0 Å². The summed E-state index contributed by atoms with van der Waals surface area (Å²) in [6.45, 7) is 1.85. The number of benzene rings is 1. The molecule has 4 heteroatoms. The molecule has 0 N–H and O–H groups in total. The molecule has 3 nitrogen and oxygen atoms in total. The van der Waals surface area contributed by atoms with E-state index in [0.717, 1.165) is 10.9 Å². The molecule has 0 aliphatic rings. The number of rotatable bonds is 1. The summed E-state index contributed by atoms with van der Waals surface area (Å²) in [6, 6.07) is 6.56. The van der Waals surface area contributed by atoms with Crippen LogP contribution < -0.4 is 10.3 Å². The quantitative estimate of drug-likeness (QED) is 0.501. The SMILES string of the molecule is [B]Oc1ccc2c(C)cc(=O)oc2c1. The van der Waals surface area contributed by atoms with Crippen LogP contribution in [0.1, 0.15) is 5.56 Å². The average molecular weight is 186 g/mol. The Labute approximate surface area is 81.7 Å². The number of hydrogen-bond acceptors (Lipinski definition) is 3. The van der Waals surface area contributed by atoms with Gasteiger partial charge < -0.3 is 9.07 Å². The molecule has 0 bridgehead atoms. The normalized spacial score (nSPS) is 10.4. The zero-order chi connectivity index (χ0) is 10.1. The van der Waals surface area contributed by atoms with E-state index in [1.165, 1.54) is 6.07 Å². The van der Waals surface area contributed by atoms with Gasteiger partial charge in [-0.2, -0.15) is 0 Å². The lowest BCUT2D eigenvalue weighted by Gasteiger charge is -2.03. The van der Waals surface area contributed by atoms with E-state index in [1.54, 1.807) is 18.2 Å². The van der Waals surface area contributed by atoms with Crippen molar-refractivity contribution in [3.63, 3.8) is 0 Å². The third-order valence-electron chi connectivity index (χ3n) is 2.06. The molecule has 0 amide bonds. The number of fused-ring (bicyclic) bond motifs is 1. The first-order valence-corrected chi connectivity index (χ1v) is 4.12. The van der Waals surface area contributed by atoms with Crippen molar-refractivity contribution in [3.05, 3.63) is 40.2 Å². The van der Waals surface area contributed by atoms with Crippen LogP contribution in [0.25, 0.3) is 11.0 Å². The van der Waals surface area contributed by atoms with E-state index in [1.807, 2.05) is 6.92 Å². The fourth-order valence-corrected chi connectivity index (χ4v) is 1.38. The van der Waals surface area contributed by atoms with Gasteiger partial charge in [0.1, 0.15) is 11.3 Å². The maximum atomic E-state index is 11.1. The molecule has 0 saturated heterocycles. The molecule has 2 radical (unpaired) electrons. The Kier molecular flexibility index (Phi) is 2.04. The topological polar surface area (TPSA) is 39.4 Å². The average Bonchev–Trinajstić information content (AvgIpc) is 2.16. The van der Waals surface area contributed by atoms with E-state index in [4.69, 9.17) is 12.5 Å². The smallest absolute Gasteiger partial charge is 0.374 e. The monoisotopic (exact) mass is 186 g/mol. The van der Waals surface area contributed by atoms with Gasteiger partial charge in [0.05, 0.1) is 0 Å². The van der Waals surface area contributed by atoms with Crippen LogP contribution in [-0.4, -0.2) is 8.05 Å². The first-order chi connectivity index (χ1) is 6.70. The van der Waals surface area contributed by atoms with Crippen molar-refractivity contribution in [1.29, 1.82) is 0 Å². The first kappa shape index (κ1) is 8.87. The minimum absolute atomic E-state index is 0.371. The van der Waals surface area contributed by atoms with Gasteiger partial charge in [0, 0.05) is 17.5 Å². The minimum Gasteiger partial charge on any atom is -0.568 e. The van der Waals surface area contributed by atoms with Gasteiger partial charge >= 0.3 is 13.7 Å². The molecule has 0 aliphatic heterocycles. The Bertz CT molecular complexity index is 530. The molecular weight excluding hydrogens is 179 g/mol. The largest absolute Gasteiger partial charge is 0.568 e. The van der Waals surface area contributed by atoms with E-state index in [-0.39, 0.29) is 5.63 Å². The van der Waals surface area contributed by atoms with Gasteiger partial charge in [-0.15, -0.1) is 0 Å². The highest BCUT2D eigenvalue weighted by molar-refractivity contribution is 6.00. The molecule has 2 aromatic rings. The fourth-order valence-electron chi connectivity index (χ4n) is 1.38. The second-order valence-electron chi connectivity index (χ2n) is 3.02. The fraction of sp³-hybridized carbons (Fsp3) is 0.100. The molecule has 0 aliphatic carbocycles. The minimum atomic E-state index is -0.371. The van der Waals surface area contributed by atoms with Crippen molar-refractivity contribution in [3.8, 4) is 5.75 Å². The van der Waals surface area contributed by atoms with Crippen LogP contribution in [0.4, 0.5) is 0 Å².